The zero-order valence-corrected chi connectivity index (χ0v) is 19.0. The normalized spacial score (nSPS) is 16.1. The van der Waals surface area contributed by atoms with Crippen molar-refractivity contribution in [3.05, 3.63) is 64.9 Å². The molecule has 2 aromatic carbocycles. The second-order valence-corrected chi connectivity index (χ2v) is 8.62. The van der Waals surface area contributed by atoms with Gasteiger partial charge in [-0.25, -0.2) is 0 Å². The molecule has 2 heterocycles. The lowest BCUT2D eigenvalue weighted by molar-refractivity contribution is 0.0485. The Kier molecular flexibility index (Phi) is 6.33. The third-order valence-electron chi connectivity index (χ3n) is 6.16. The summed E-state index contributed by atoms with van der Waals surface area (Å²) in [6.07, 6.45) is 3.08. The number of hydrogen-bond acceptors (Lipinski definition) is 4. The van der Waals surface area contributed by atoms with Gasteiger partial charge in [-0.1, -0.05) is 25.1 Å². The van der Waals surface area contributed by atoms with Gasteiger partial charge in [-0.15, -0.1) is 0 Å². The Labute approximate surface area is 184 Å². The molecule has 0 bridgehead atoms. The number of carbonyl (C=O) groups is 1. The van der Waals surface area contributed by atoms with Gasteiger partial charge in [0.1, 0.15) is 5.58 Å². The highest BCUT2D eigenvalue weighted by atomic mass is 16.5. The van der Waals surface area contributed by atoms with E-state index < -0.39 is 0 Å². The summed E-state index contributed by atoms with van der Waals surface area (Å²) in [4.78, 5) is 17.6. The van der Waals surface area contributed by atoms with Crippen molar-refractivity contribution in [2.75, 3.05) is 32.1 Å². The third-order valence-corrected chi connectivity index (χ3v) is 6.16. The van der Waals surface area contributed by atoms with Crippen molar-refractivity contribution in [1.29, 1.82) is 0 Å². The molecule has 1 unspecified atom stereocenters. The number of rotatable bonds is 7. The lowest BCUT2D eigenvalue weighted by atomic mass is 10.1. The van der Waals surface area contributed by atoms with Crippen molar-refractivity contribution in [2.24, 2.45) is 0 Å². The van der Waals surface area contributed by atoms with Crippen LogP contribution in [0.15, 0.2) is 46.9 Å². The number of aryl methyl sites for hydroxylation is 2. The summed E-state index contributed by atoms with van der Waals surface area (Å²) >= 11 is 0. The van der Waals surface area contributed by atoms with Gasteiger partial charge in [0.15, 0.2) is 5.76 Å². The Morgan fingerprint density at radius 2 is 1.84 bits per heavy atom. The fraction of sp³-hybridized carbons (Fsp3) is 0.423. The molecule has 164 valence electrons. The van der Waals surface area contributed by atoms with Crippen LogP contribution in [-0.4, -0.2) is 44.2 Å². The van der Waals surface area contributed by atoms with E-state index in [1.54, 1.807) is 0 Å². The highest BCUT2D eigenvalue weighted by molar-refractivity contribution is 5.99. The monoisotopic (exact) mass is 420 g/mol. The zero-order valence-electron chi connectivity index (χ0n) is 19.0. The maximum Gasteiger partial charge on any atom is 0.290 e. The summed E-state index contributed by atoms with van der Waals surface area (Å²) in [5.41, 5.74) is 5.16. The van der Waals surface area contributed by atoms with E-state index in [1.807, 2.05) is 32.0 Å². The molecule has 1 aliphatic rings. The second-order valence-electron chi connectivity index (χ2n) is 8.62. The number of amides is 1. The number of nitrogens with zero attached hydrogens (tertiary/aromatic N) is 2. The minimum atomic E-state index is -0.0704. The Balaban J connectivity index is 1.63. The molecule has 1 amide bonds. The molecule has 1 aliphatic heterocycles. The van der Waals surface area contributed by atoms with Crippen LogP contribution in [0, 0.1) is 6.92 Å². The number of ether oxygens (including phenoxy) is 1. The minimum absolute atomic E-state index is 0.0704. The van der Waals surface area contributed by atoms with E-state index >= 15 is 0 Å². The van der Waals surface area contributed by atoms with Crippen LogP contribution in [0.25, 0.3) is 11.0 Å². The minimum Gasteiger partial charge on any atom is -0.451 e. The average molecular weight is 421 g/mol. The van der Waals surface area contributed by atoms with Crippen LogP contribution in [0.2, 0.25) is 0 Å². The fourth-order valence-electron chi connectivity index (χ4n) is 4.21. The number of anilines is 1. The predicted molar refractivity (Wildman–Crippen MR) is 125 cm³/mol. The lowest BCUT2D eigenvalue weighted by Gasteiger charge is -2.25. The van der Waals surface area contributed by atoms with Crippen LogP contribution >= 0.6 is 0 Å². The summed E-state index contributed by atoms with van der Waals surface area (Å²) in [7, 11) is 4.05. The first-order chi connectivity index (χ1) is 15.0. The number of benzene rings is 2. The topological polar surface area (TPSA) is 45.9 Å². The van der Waals surface area contributed by atoms with Crippen molar-refractivity contribution < 1.29 is 13.9 Å². The van der Waals surface area contributed by atoms with Gasteiger partial charge in [0, 0.05) is 50.4 Å². The van der Waals surface area contributed by atoms with Gasteiger partial charge in [0.25, 0.3) is 5.91 Å². The summed E-state index contributed by atoms with van der Waals surface area (Å²) in [5, 5.41) is 1.02. The molecule has 0 radical (unpaired) electrons. The highest BCUT2D eigenvalue weighted by Crippen LogP contribution is 2.28. The van der Waals surface area contributed by atoms with Gasteiger partial charge in [-0.3, -0.25) is 4.79 Å². The van der Waals surface area contributed by atoms with E-state index in [0.717, 1.165) is 53.7 Å². The largest absolute Gasteiger partial charge is 0.451 e. The number of carbonyl (C=O) groups excluding carboxylic acids is 1. The van der Waals surface area contributed by atoms with Crippen LogP contribution in [0.5, 0.6) is 0 Å². The summed E-state index contributed by atoms with van der Waals surface area (Å²) < 4.78 is 11.9. The molecule has 3 aromatic rings. The lowest BCUT2D eigenvalue weighted by Crippen LogP contribution is -2.37. The fourth-order valence-corrected chi connectivity index (χ4v) is 4.21. The molecule has 0 spiro atoms. The van der Waals surface area contributed by atoms with Crippen LogP contribution < -0.4 is 4.90 Å². The standard InChI is InChI=1S/C26H32N2O3/c1-5-19-10-13-24-23(15-19)18(2)25(31-24)26(29)28(17-22-7-6-14-30-22)16-20-8-11-21(12-9-20)27(3)4/h8-13,15,22H,5-7,14,16-17H2,1-4H3. The summed E-state index contributed by atoms with van der Waals surface area (Å²) in [6, 6.07) is 14.5. The van der Waals surface area contributed by atoms with Crippen molar-refractivity contribution in [1.82, 2.24) is 4.90 Å². The van der Waals surface area contributed by atoms with Crippen molar-refractivity contribution in [3.63, 3.8) is 0 Å². The van der Waals surface area contributed by atoms with E-state index in [1.165, 1.54) is 5.56 Å². The Bertz CT molecular complexity index is 1050. The molecule has 4 rings (SSSR count). The SMILES string of the molecule is CCc1ccc2oc(C(=O)N(Cc3ccc(N(C)C)cc3)CC3CCCO3)c(C)c2c1. The maximum atomic E-state index is 13.6. The van der Waals surface area contributed by atoms with E-state index in [4.69, 9.17) is 9.15 Å². The maximum absolute atomic E-state index is 13.6. The van der Waals surface area contributed by atoms with E-state index in [0.29, 0.717) is 18.8 Å². The molecule has 31 heavy (non-hydrogen) atoms. The van der Waals surface area contributed by atoms with Crippen LogP contribution in [0.4, 0.5) is 5.69 Å². The van der Waals surface area contributed by atoms with Crippen LogP contribution in [0.1, 0.15) is 47.0 Å². The van der Waals surface area contributed by atoms with Gasteiger partial charge < -0.3 is 19.0 Å². The number of furan rings is 1. The second kappa shape index (κ2) is 9.15. The summed E-state index contributed by atoms with van der Waals surface area (Å²) in [6.45, 7) is 5.99. The molecule has 0 saturated carbocycles. The molecule has 5 nitrogen and oxygen atoms in total. The van der Waals surface area contributed by atoms with E-state index in [-0.39, 0.29) is 12.0 Å². The van der Waals surface area contributed by atoms with Crippen molar-refractivity contribution >= 4 is 22.6 Å². The van der Waals surface area contributed by atoms with Gasteiger partial charge in [-0.2, -0.15) is 0 Å². The quantitative estimate of drug-likeness (QED) is 0.528. The van der Waals surface area contributed by atoms with Gasteiger partial charge in [0.2, 0.25) is 0 Å². The Morgan fingerprint density at radius 1 is 1.10 bits per heavy atom. The van der Waals surface area contributed by atoms with Crippen molar-refractivity contribution in [2.45, 2.75) is 45.8 Å². The predicted octanol–water partition coefficient (Wildman–Crippen LogP) is 5.19. The first-order valence-corrected chi connectivity index (χ1v) is 11.2. The Morgan fingerprint density at radius 3 is 2.48 bits per heavy atom. The molecule has 1 fully saturated rings. The molecule has 0 N–H and O–H groups in total. The highest BCUT2D eigenvalue weighted by Gasteiger charge is 2.27. The van der Waals surface area contributed by atoms with Crippen LogP contribution in [0.3, 0.4) is 0 Å². The molecular formula is C26H32N2O3. The van der Waals surface area contributed by atoms with Gasteiger partial charge in [-0.05, 0) is 61.6 Å². The first-order valence-electron chi connectivity index (χ1n) is 11.2. The molecule has 1 saturated heterocycles. The summed E-state index contributed by atoms with van der Waals surface area (Å²) in [5.74, 6) is 0.366. The van der Waals surface area contributed by atoms with E-state index in [2.05, 4.69) is 48.2 Å². The smallest absolute Gasteiger partial charge is 0.290 e. The first kappa shape index (κ1) is 21.4. The number of fused-ring (bicyclic) bond motifs is 1. The average Bonchev–Trinajstić information content (AvgIpc) is 3.40. The van der Waals surface area contributed by atoms with Crippen molar-refractivity contribution in [3.8, 4) is 0 Å². The molecule has 5 heteroatoms. The zero-order chi connectivity index (χ0) is 22.0. The van der Waals surface area contributed by atoms with E-state index in [9.17, 15) is 4.79 Å². The third kappa shape index (κ3) is 4.62. The number of hydrogen-bond donors (Lipinski definition) is 0. The molecule has 1 atom stereocenters. The van der Waals surface area contributed by atoms with Gasteiger partial charge >= 0.3 is 0 Å². The van der Waals surface area contributed by atoms with Crippen LogP contribution in [-0.2, 0) is 17.7 Å². The Hall–Kier alpha value is -2.79. The molecular weight excluding hydrogens is 388 g/mol. The molecule has 0 aliphatic carbocycles. The van der Waals surface area contributed by atoms with Gasteiger partial charge in [0.05, 0.1) is 6.10 Å². The molecule has 1 aromatic heterocycles.